The van der Waals surface area contributed by atoms with Crippen molar-refractivity contribution in [3.63, 3.8) is 0 Å². The van der Waals surface area contributed by atoms with E-state index in [1.807, 2.05) is 63.8 Å². The van der Waals surface area contributed by atoms with Gasteiger partial charge in [0.05, 0.1) is 28.9 Å². The molecule has 1 atom stereocenters. The molecule has 5 nitrogen and oxygen atoms in total. The molecule has 5 heteroatoms. The number of likely N-dealkylation sites (N-methyl/N-ethyl adjacent to an activating group) is 1. The number of carbonyl (C=O) groups is 2. The Morgan fingerprint density at radius 2 is 2.00 bits per heavy atom. The maximum absolute atomic E-state index is 13.0. The molecule has 2 heterocycles. The first-order valence-corrected chi connectivity index (χ1v) is 9.01. The smallest absolute Gasteiger partial charge is 0.337 e. The average molecular weight is 355 g/mol. The second kappa shape index (κ2) is 6.98. The van der Waals surface area contributed by atoms with Crippen molar-refractivity contribution in [2.24, 2.45) is 0 Å². The van der Waals surface area contributed by atoms with E-state index in [1.54, 1.807) is 0 Å². The molecule has 3 rings (SSSR count). The van der Waals surface area contributed by atoms with E-state index in [2.05, 4.69) is 0 Å². The van der Waals surface area contributed by atoms with Gasteiger partial charge in [0.1, 0.15) is 6.61 Å². The minimum Gasteiger partial charge on any atom is -0.460 e. The van der Waals surface area contributed by atoms with Crippen LogP contribution >= 0.6 is 0 Å². The number of allylic oxidation sites excluding steroid dienone is 1. The van der Waals surface area contributed by atoms with Crippen LogP contribution in [0.4, 0.5) is 0 Å². The van der Waals surface area contributed by atoms with Crippen LogP contribution in [0.3, 0.4) is 0 Å². The maximum atomic E-state index is 13.0. The van der Waals surface area contributed by atoms with E-state index in [9.17, 15) is 9.59 Å². The first-order chi connectivity index (χ1) is 12.4. The molecule has 0 amide bonds. The van der Waals surface area contributed by atoms with Crippen LogP contribution in [0, 0.1) is 6.92 Å². The van der Waals surface area contributed by atoms with Gasteiger partial charge in [-0.1, -0.05) is 24.3 Å². The molecule has 1 aromatic rings. The molecule has 1 unspecified atom stereocenters. The summed E-state index contributed by atoms with van der Waals surface area (Å²) in [7, 11) is 0. The van der Waals surface area contributed by atoms with Crippen molar-refractivity contribution in [2.45, 2.75) is 46.6 Å². The third kappa shape index (κ3) is 2.91. The second-order valence-electron chi connectivity index (χ2n) is 6.92. The van der Waals surface area contributed by atoms with E-state index in [0.717, 1.165) is 22.5 Å². The van der Waals surface area contributed by atoms with Crippen molar-refractivity contribution < 1.29 is 19.1 Å². The maximum Gasteiger partial charge on any atom is 0.337 e. The van der Waals surface area contributed by atoms with Crippen molar-refractivity contribution in [1.29, 1.82) is 0 Å². The Balaban J connectivity index is 2.23. The minimum atomic E-state index is -0.463. The van der Waals surface area contributed by atoms with Crippen molar-refractivity contribution in [3.05, 3.63) is 57.9 Å². The van der Waals surface area contributed by atoms with Crippen LogP contribution in [0.25, 0.3) is 0 Å². The summed E-state index contributed by atoms with van der Waals surface area (Å²) in [5, 5.41) is 0. The Kier molecular flexibility index (Phi) is 4.90. The molecule has 0 radical (unpaired) electrons. The topological polar surface area (TPSA) is 55.8 Å². The Hall–Kier alpha value is -2.56. The number of benzene rings is 1. The molecular formula is C21H25NO4. The summed E-state index contributed by atoms with van der Waals surface area (Å²) in [6, 6.07) is 7.83. The summed E-state index contributed by atoms with van der Waals surface area (Å²) in [4.78, 5) is 27.6. The zero-order valence-corrected chi connectivity index (χ0v) is 16.0. The van der Waals surface area contributed by atoms with Gasteiger partial charge in [-0.25, -0.2) is 9.59 Å². The van der Waals surface area contributed by atoms with Crippen LogP contribution in [-0.2, 0) is 19.1 Å². The van der Waals surface area contributed by atoms with Gasteiger partial charge in [0.2, 0.25) is 0 Å². The summed E-state index contributed by atoms with van der Waals surface area (Å²) in [5.74, 6) is -1.19. The van der Waals surface area contributed by atoms with E-state index in [1.165, 1.54) is 0 Å². The first-order valence-electron chi connectivity index (χ1n) is 9.01. The van der Waals surface area contributed by atoms with Crippen LogP contribution in [0.15, 0.2) is 46.8 Å². The van der Waals surface area contributed by atoms with Gasteiger partial charge in [-0.3, -0.25) is 0 Å². The summed E-state index contributed by atoms with van der Waals surface area (Å²) < 4.78 is 10.9. The lowest BCUT2D eigenvalue weighted by atomic mass is 9.78. The van der Waals surface area contributed by atoms with Crippen LogP contribution in [0.2, 0.25) is 0 Å². The molecule has 0 fully saturated rings. The third-order valence-corrected chi connectivity index (χ3v) is 4.95. The van der Waals surface area contributed by atoms with Gasteiger partial charge in [0, 0.05) is 12.2 Å². The van der Waals surface area contributed by atoms with Crippen molar-refractivity contribution >= 4 is 11.9 Å². The highest BCUT2D eigenvalue weighted by atomic mass is 16.5. The molecule has 0 bridgehead atoms. The predicted molar refractivity (Wildman–Crippen MR) is 98.2 cm³/mol. The van der Waals surface area contributed by atoms with Crippen LogP contribution < -0.4 is 0 Å². The van der Waals surface area contributed by atoms with Crippen LogP contribution in [0.5, 0.6) is 0 Å². The number of hydrogen-bond donors (Lipinski definition) is 0. The van der Waals surface area contributed by atoms with E-state index in [0.29, 0.717) is 17.7 Å². The fourth-order valence-corrected chi connectivity index (χ4v) is 3.81. The molecule has 2 aliphatic rings. The van der Waals surface area contributed by atoms with Gasteiger partial charge in [-0.15, -0.1) is 0 Å². The second-order valence-corrected chi connectivity index (χ2v) is 6.92. The van der Waals surface area contributed by atoms with Crippen molar-refractivity contribution in [3.8, 4) is 0 Å². The molecular weight excluding hydrogens is 330 g/mol. The minimum absolute atomic E-state index is 0.235. The summed E-state index contributed by atoms with van der Waals surface area (Å²) >= 11 is 0. The van der Waals surface area contributed by atoms with Gasteiger partial charge in [-0.05, 0) is 45.7 Å². The average Bonchev–Trinajstić information content (AvgIpc) is 2.95. The normalized spacial score (nSPS) is 19.8. The number of ether oxygens (including phenoxy) is 2. The largest absolute Gasteiger partial charge is 0.460 e. The lowest BCUT2D eigenvalue weighted by Gasteiger charge is -2.35. The van der Waals surface area contributed by atoms with Crippen LogP contribution in [0.1, 0.15) is 44.7 Å². The number of cyclic esters (lactones) is 1. The monoisotopic (exact) mass is 355 g/mol. The lowest BCUT2D eigenvalue weighted by Crippen LogP contribution is -2.34. The number of nitrogens with zero attached hydrogens (tertiary/aromatic N) is 1. The Bertz CT molecular complexity index is 819. The molecule has 2 aliphatic heterocycles. The SMILES string of the molecule is CCN1C(C)=C(C(=O)OC(C)C)C(c2ccccc2C)C2=C1COC2=O. The summed E-state index contributed by atoms with van der Waals surface area (Å²) in [5.41, 5.74) is 4.71. The van der Waals surface area contributed by atoms with E-state index in [4.69, 9.17) is 9.47 Å². The lowest BCUT2D eigenvalue weighted by molar-refractivity contribution is -0.143. The quantitative estimate of drug-likeness (QED) is 0.774. The fourth-order valence-electron chi connectivity index (χ4n) is 3.81. The third-order valence-electron chi connectivity index (χ3n) is 4.95. The molecule has 0 spiro atoms. The molecule has 26 heavy (non-hydrogen) atoms. The van der Waals surface area contributed by atoms with Gasteiger partial charge >= 0.3 is 11.9 Å². The molecule has 0 saturated carbocycles. The van der Waals surface area contributed by atoms with E-state index in [-0.39, 0.29) is 24.6 Å². The van der Waals surface area contributed by atoms with Gasteiger partial charge in [0.15, 0.2) is 0 Å². The van der Waals surface area contributed by atoms with Crippen molar-refractivity contribution in [1.82, 2.24) is 4.90 Å². The molecule has 0 aromatic heterocycles. The van der Waals surface area contributed by atoms with Crippen molar-refractivity contribution in [2.75, 3.05) is 13.2 Å². The number of aryl methyl sites for hydroxylation is 1. The number of rotatable bonds is 4. The molecule has 0 aliphatic carbocycles. The van der Waals surface area contributed by atoms with Crippen LogP contribution in [-0.4, -0.2) is 36.1 Å². The zero-order chi connectivity index (χ0) is 19.0. The Labute approximate surface area is 154 Å². The molecule has 0 N–H and O–H groups in total. The molecule has 0 saturated heterocycles. The van der Waals surface area contributed by atoms with Gasteiger partial charge < -0.3 is 14.4 Å². The Morgan fingerprint density at radius 1 is 1.31 bits per heavy atom. The predicted octanol–water partition coefficient (Wildman–Crippen LogP) is 3.45. The summed E-state index contributed by atoms with van der Waals surface area (Å²) in [6.07, 6.45) is -0.235. The number of carbonyl (C=O) groups excluding carboxylic acids is 2. The number of hydrogen-bond acceptors (Lipinski definition) is 5. The van der Waals surface area contributed by atoms with Gasteiger partial charge in [-0.2, -0.15) is 0 Å². The standard InChI is InChI=1S/C21H25NO4/c1-6-22-14(5)17(21(24)26-12(2)3)18(15-10-8-7-9-13(15)4)19-16(22)11-25-20(19)23/h7-10,12,18H,6,11H2,1-5H3. The van der Waals surface area contributed by atoms with E-state index >= 15 is 0 Å². The van der Waals surface area contributed by atoms with E-state index < -0.39 is 5.92 Å². The highest BCUT2D eigenvalue weighted by Crippen LogP contribution is 2.45. The molecule has 138 valence electrons. The Morgan fingerprint density at radius 3 is 2.62 bits per heavy atom. The summed E-state index contributed by atoms with van der Waals surface area (Å²) in [6.45, 7) is 10.4. The zero-order valence-electron chi connectivity index (χ0n) is 16.0. The molecule has 1 aromatic carbocycles. The highest BCUT2D eigenvalue weighted by Gasteiger charge is 2.44. The first kappa shape index (κ1) is 18.2. The van der Waals surface area contributed by atoms with Gasteiger partial charge in [0.25, 0.3) is 0 Å². The number of esters is 2. The fraction of sp³-hybridized carbons (Fsp3) is 0.429. The highest BCUT2D eigenvalue weighted by molar-refractivity contribution is 6.01.